The molecule has 2 aromatic heterocycles. The summed E-state index contributed by atoms with van der Waals surface area (Å²) in [6.07, 6.45) is 9.62. The van der Waals surface area contributed by atoms with E-state index in [0.717, 1.165) is 5.71 Å². The molecule has 0 saturated heterocycles. The number of nitrogens with one attached hydrogen (secondary N) is 1. The van der Waals surface area contributed by atoms with Crippen LogP contribution in [0.25, 0.3) is 0 Å². The second-order valence-corrected chi connectivity index (χ2v) is 6.53. The average Bonchev–Trinajstić information content (AvgIpc) is 3.07. The Balaban J connectivity index is 1.49. The molecule has 0 fully saturated rings. The summed E-state index contributed by atoms with van der Waals surface area (Å²) >= 11 is 0. The summed E-state index contributed by atoms with van der Waals surface area (Å²) in [7, 11) is 1.53. The molecule has 1 unspecified atom stereocenters. The second-order valence-electron chi connectivity index (χ2n) is 6.53. The van der Waals surface area contributed by atoms with E-state index in [1.165, 1.54) is 18.0 Å². The largest absolute Gasteiger partial charge is 0.481 e. The van der Waals surface area contributed by atoms with Gasteiger partial charge in [-0.25, -0.2) is 9.97 Å². The van der Waals surface area contributed by atoms with Gasteiger partial charge in [-0.1, -0.05) is 18.2 Å². The van der Waals surface area contributed by atoms with Gasteiger partial charge in [-0.3, -0.25) is 9.59 Å². The van der Waals surface area contributed by atoms with Gasteiger partial charge in [0.1, 0.15) is 5.82 Å². The lowest BCUT2D eigenvalue weighted by molar-refractivity contribution is -0.116. The zero-order valence-electron chi connectivity index (χ0n) is 15.5. The van der Waals surface area contributed by atoms with Crippen LogP contribution in [0.3, 0.4) is 0 Å². The highest BCUT2D eigenvalue weighted by molar-refractivity contribution is 6.03. The van der Waals surface area contributed by atoms with E-state index in [-0.39, 0.29) is 30.2 Å². The molecule has 1 N–H and O–H groups in total. The molecule has 2 aliphatic rings. The first-order valence-electron chi connectivity index (χ1n) is 8.93. The van der Waals surface area contributed by atoms with Crippen molar-refractivity contribution in [3.63, 3.8) is 0 Å². The number of methoxy groups -OCH3 is 1. The fourth-order valence-corrected chi connectivity index (χ4v) is 3.26. The molecule has 8 nitrogen and oxygen atoms in total. The SMILES string of the molecule is COc1ccc(NC(=O)CCc2c(C)nc3n(c2=O)N=C2C=CC=CC23)cn1. The lowest BCUT2D eigenvalue weighted by Gasteiger charge is -2.11. The molecule has 142 valence electrons. The number of rotatable bonds is 5. The van der Waals surface area contributed by atoms with Crippen LogP contribution in [-0.4, -0.2) is 33.4 Å². The zero-order valence-corrected chi connectivity index (χ0v) is 15.5. The highest BCUT2D eigenvalue weighted by Crippen LogP contribution is 2.26. The van der Waals surface area contributed by atoms with Crippen LogP contribution in [0.2, 0.25) is 0 Å². The van der Waals surface area contributed by atoms with Gasteiger partial charge in [-0.2, -0.15) is 9.78 Å². The van der Waals surface area contributed by atoms with Crippen molar-refractivity contribution in [2.45, 2.75) is 25.7 Å². The Morgan fingerprint density at radius 1 is 1.32 bits per heavy atom. The van der Waals surface area contributed by atoms with Crippen LogP contribution >= 0.6 is 0 Å². The highest BCUT2D eigenvalue weighted by atomic mass is 16.5. The summed E-state index contributed by atoms with van der Waals surface area (Å²) in [4.78, 5) is 33.8. The second kappa shape index (κ2) is 7.22. The molecule has 1 atom stereocenters. The minimum Gasteiger partial charge on any atom is -0.481 e. The summed E-state index contributed by atoms with van der Waals surface area (Å²) in [6.45, 7) is 1.79. The molecule has 0 radical (unpaired) electrons. The van der Waals surface area contributed by atoms with E-state index >= 15 is 0 Å². The maximum Gasteiger partial charge on any atom is 0.277 e. The van der Waals surface area contributed by atoms with Gasteiger partial charge in [0, 0.05) is 23.7 Å². The first kappa shape index (κ1) is 17.8. The van der Waals surface area contributed by atoms with E-state index in [0.29, 0.717) is 28.6 Å². The number of allylic oxidation sites excluding steroid dienone is 4. The third-order valence-corrected chi connectivity index (χ3v) is 4.71. The van der Waals surface area contributed by atoms with Crippen molar-refractivity contribution < 1.29 is 9.53 Å². The minimum absolute atomic E-state index is 0.0867. The summed E-state index contributed by atoms with van der Waals surface area (Å²) < 4.78 is 6.35. The van der Waals surface area contributed by atoms with Gasteiger partial charge >= 0.3 is 0 Å². The predicted octanol–water partition coefficient (Wildman–Crippen LogP) is 1.95. The van der Waals surface area contributed by atoms with Gasteiger partial charge < -0.3 is 10.1 Å². The Morgan fingerprint density at radius 2 is 2.18 bits per heavy atom. The van der Waals surface area contributed by atoms with Gasteiger partial charge in [0.05, 0.1) is 30.6 Å². The van der Waals surface area contributed by atoms with Crippen LogP contribution < -0.4 is 15.6 Å². The third kappa shape index (κ3) is 3.24. The Morgan fingerprint density at radius 3 is 2.93 bits per heavy atom. The molecule has 0 aromatic carbocycles. The molecule has 4 rings (SSSR count). The molecule has 3 heterocycles. The number of pyridine rings is 1. The van der Waals surface area contributed by atoms with Crippen molar-refractivity contribution in [2.75, 3.05) is 12.4 Å². The Hall–Kier alpha value is -3.55. The molecule has 1 aliphatic carbocycles. The Labute approximate surface area is 161 Å². The van der Waals surface area contributed by atoms with E-state index in [2.05, 4.69) is 20.4 Å². The van der Waals surface area contributed by atoms with Crippen molar-refractivity contribution >= 4 is 17.3 Å². The van der Waals surface area contributed by atoms with Gasteiger partial charge in [0.2, 0.25) is 11.8 Å². The number of fused-ring (bicyclic) bond motifs is 3. The van der Waals surface area contributed by atoms with Gasteiger partial charge in [0.25, 0.3) is 5.56 Å². The molecule has 8 heteroatoms. The van der Waals surface area contributed by atoms with E-state index in [4.69, 9.17) is 4.74 Å². The normalized spacial score (nSPS) is 16.4. The van der Waals surface area contributed by atoms with Gasteiger partial charge in [0.15, 0.2) is 0 Å². The fourth-order valence-electron chi connectivity index (χ4n) is 3.26. The molecule has 28 heavy (non-hydrogen) atoms. The van der Waals surface area contributed by atoms with Gasteiger partial charge in [-0.15, -0.1) is 0 Å². The van der Waals surface area contributed by atoms with E-state index in [1.54, 1.807) is 19.1 Å². The van der Waals surface area contributed by atoms with Crippen molar-refractivity contribution in [2.24, 2.45) is 5.10 Å². The maximum absolute atomic E-state index is 12.9. The van der Waals surface area contributed by atoms with E-state index < -0.39 is 0 Å². The van der Waals surface area contributed by atoms with Crippen molar-refractivity contribution in [1.29, 1.82) is 0 Å². The van der Waals surface area contributed by atoms with Crippen LogP contribution in [0, 0.1) is 6.92 Å². The molecular formula is C20H19N5O3. The molecule has 2 aromatic rings. The number of carbonyl (C=O) groups excluding carboxylic acids is 1. The minimum atomic E-state index is -0.217. The monoisotopic (exact) mass is 377 g/mol. The first-order chi connectivity index (χ1) is 13.6. The quantitative estimate of drug-likeness (QED) is 0.859. The summed E-state index contributed by atoms with van der Waals surface area (Å²) in [5.74, 6) is 0.798. The van der Waals surface area contributed by atoms with Crippen LogP contribution in [0.15, 0.2) is 52.5 Å². The number of hydrogen-bond donors (Lipinski definition) is 1. The number of hydrogen-bond acceptors (Lipinski definition) is 6. The number of aromatic nitrogens is 3. The number of anilines is 1. The number of nitrogens with zero attached hydrogens (tertiary/aromatic N) is 4. The fraction of sp³-hybridized carbons (Fsp3) is 0.250. The third-order valence-electron chi connectivity index (χ3n) is 4.71. The Kier molecular flexibility index (Phi) is 4.60. The molecule has 1 amide bonds. The average molecular weight is 377 g/mol. The van der Waals surface area contributed by atoms with Crippen molar-refractivity contribution in [3.05, 3.63) is 70.1 Å². The molecular weight excluding hydrogens is 358 g/mol. The first-order valence-corrected chi connectivity index (χ1v) is 8.93. The van der Waals surface area contributed by atoms with Crippen LogP contribution in [0.4, 0.5) is 5.69 Å². The summed E-state index contributed by atoms with van der Waals surface area (Å²) in [5.41, 5.74) is 2.29. The van der Waals surface area contributed by atoms with Gasteiger partial charge in [-0.05, 0) is 25.5 Å². The molecule has 0 bridgehead atoms. The lowest BCUT2D eigenvalue weighted by Crippen LogP contribution is -2.26. The van der Waals surface area contributed by atoms with E-state index in [9.17, 15) is 9.59 Å². The Bertz CT molecular complexity index is 1080. The van der Waals surface area contributed by atoms with Crippen LogP contribution in [0.1, 0.15) is 29.4 Å². The number of amides is 1. The standard InChI is InChI=1S/C20H19N5O3/c1-12-14(8-9-17(26)23-13-7-10-18(28-2)21-11-13)20(27)25-19(22-12)15-5-3-4-6-16(15)24-25/h3-7,10-11,15H,8-9H2,1-2H3,(H,23,26). The predicted molar refractivity (Wildman–Crippen MR) is 105 cm³/mol. The van der Waals surface area contributed by atoms with E-state index in [1.807, 2.05) is 24.3 Å². The van der Waals surface area contributed by atoms with Crippen molar-refractivity contribution in [1.82, 2.24) is 14.6 Å². The zero-order chi connectivity index (χ0) is 19.7. The van der Waals surface area contributed by atoms with Crippen molar-refractivity contribution in [3.8, 4) is 5.88 Å². The number of ether oxygens (including phenoxy) is 1. The topological polar surface area (TPSA) is 98.5 Å². The molecule has 0 saturated carbocycles. The highest BCUT2D eigenvalue weighted by Gasteiger charge is 2.29. The molecule has 0 spiro atoms. The number of carbonyl (C=O) groups is 1. The molecule has 1 aliphatic heterocycles. The summed E-state index contributed by atoms with van der Waals surface area (Å²) in [6, 6.07) is 3.37. The number of aryl methyl sites for hydroxylation is 1. The lowest BCUT2D eigenvalue weighted by atomic mass is 9.98. The van der Waals surface area contributed by atoms with Crippen LogP contribution in [0.5, 0.6) is 5.88 Å². The smallest absolute Gasteiger partial charge is 0.277 e. The van der Waals surface area contributed by atoms with Crippen LogP contribution in [-0.2, 0) is 11.2 Å². The summed E-state index contributed by atoms with van der Waals surface area (Å²) in [5, 5.41) is 7.15. The maximum atomic E-state index is 12.9.